The van der Waals surface area contributed by atoms with Gasteiger partial charge in [0, 0.05) is 19.1 Å². The molecule has 1 aromatic carbocycles. The van der Waals surface area contributed by atoms with Crippen LogP contribution in [0, 0.1) is 0 Å². The molecule has 0 aliphatic rings. The van der Waals surface area contributed by atoms with E-state index in [9.17, 15) is 13.2 Å². The highest BCUT2D eigenvalue weighted by Crippen LogP contribution is 2.20. The van der Waals surface area contributed by atoms with Gasteiger partial charge >= 0.3 is 5.97 Å². The molecule has 148 valence electrons. The van der Waals surface area contributed by atoms with Crippen LogP contribution in [0.1, 0.15) is 48.7 Å². The van der Waals surface area contributed by atoms with Crippen molar-refractivity contribution in [3.8, 4) is 0 Å². The fraction of sp³-hybridized carbons (Fsp3) is 0.421. The van der Waals surface area contributed by atoms with Crippen LogP contribution in [-0.4, -0.2) is 38.9 Å². The van der Waals surface area contributed by atoms with Gasteiger partial charge in [0.05, 0.1) is 18.6 Å². The zero-order chi connectivity index (χ0) is 20.0. The molecule has 7 nitrogen and oxygen atoms in total. The third kappa shape index (κ3) is 4.97. The molecule has 0 radical (unpaired) electrons. The lowest BCUT2D eigenvalue weighted by molar-refractivity contribution is 0.0562. The van der Waals surface area contributed by atoms with Crippen LogP contribution in [0.5, 0.6) is 0 Å². The molecule has 0 amide bonds. The van der Waals surface area contributed by atoms with Gasteiger partial charge in [-0.25, -0.2) is 13.2 Å². The highest BCUT2D eigenvalue weighted by atomic mass is 32.2. The Bertz CT molecular complexity index is 854. The van der Waals surface area contributed by atoms with E-state index < -0.39 is 16.0 Å². The predicted octanol–water partition coefficient (Wildman–Crippen LogP) is 2.95. The number of hydrogen-bond acceptors (Lipinski definition) is 6. The van der Waals surface area contributed by atoms with Gasteiger partial charge in [-0.1, -0.05) is 26.0 Å². The minimum absolute atomic E-state index is 0.0260. The van der Waals surface area contributed by atoms with Crippen molar-refractivity contribution in [3.05, 3.63) is 53.5 Å². The van der Waals surface area contributed by atoms with Crippen molar-refractivity contribution in [2.24, 2.45) is 0 Å². The molecular weight excluding hydrogens is 368 g/mol. The molecule has 2 aromatic rings. The molecule has 0 aliphatic heterocycles. The predicted molar refractivity (Wildman–Crippen MR) is 102 cm³/mol. The van der Waals surface area contributed by atoms with Crippen molar-refractivity contribution in [1.29, 1.82) is 0 Å². The Morgan fingerprint density at radius 3 is 2.33 bits per heavy atom. The van der Waals surface area contributed by atoms with Gasteiger partial charge in [0.2, 0.25) is 15.8 Å². The summed E-state index contributed by atoms with van der Waals surface area (Å²) in [6.07, 6.45) is 0. The second-order valence-electron chi connectivity index (χ2n) is 6.02. The lowest BCUT2D eigenvalue weighted by Gasteiger charge is -2.19. The molecule has 8 heteroatoms. The maximum absolute atomic E-state index is 12.5. The molecule has 1 unspecified atom stereocenters. The Morgan fingerprint density at radius 2 is 1.78 bits per heavy atom. The standard InChI is InChI=1S/C19H26N2O5S/c1-5-21(6-2)27(23,24)17-10-7-15(8-11-17)14(3)20-13-16-9-12-18(26-16)19(22)25-4/h7-12,14,20H,5-6,13H2,1-4H3. The maximum atomic E-state index is 12.5. The van der Waals surface area contributed by atoms with Crippen LogP contribution in [0.2, 0.25) is 0 Å². The quantitative estimate of drug-likeness (QED) is 0.658. The third-order valence-electron chi connectivity index (χ3n) is 4.35. The van der Waals surface area contributed by atoms with Crippen LogP contribution < -0.4 is 5.32 Å². The molecule has 0 saturated heterocycles. The zero-order valence-electron chi connectivity index (χ0n) is 16.1. The molecular formula is C19H26N2O5S. The Labute approximate surface area is 160 Å². The molecule has 0 saturated carbocycles. The van der Waals surface area contributed by atoms with E-state index in [2.05, 4.69) is 10.1 Å². The number of sulfonamides is 1. The van der Waals surface area contributed by atoms with Gasteiger partial charge in [-0.3, -0.25) is 0 Å². The Morgan fingerprint density at radius 1 is 1.15 bits per heavy atom. The van der Waals surface area contributed by atoms with E-state index in [1.54, 1.807) is 36.4 Å². The molecule has 1 N–H and O–H groups in total. The van der Waals surface area contributed by atoms with Crippen LogP contribution in [0.4, 0.5) is 0 Å². The van der Waals surface area contributed by atoms with Gasteiger partial charge in [-0.15, -0.1) is 0 Å². The minimum Gasteiger partial charge on any atom is -0.463 e. The average molecular weight is 394 g/mol. The molecule has 1 aromatic heterocycles. The number of furan rings is 1. The van der Waals surface area contributed by atoms with Gasteiger partial charge in [-0.05, 0) is 36.8 Å². The molecule has 1 heterocycles. The number of ether oxygens (including phenoxy) is 1. The number of carbonyl (C=O) groups is 1. The summed E-state index contributed by atoms with van der Waals surface area (Å²) in [7, 11) is -2.15. The number of carbonyl (C=O) groups excluding carboxylic acids is 1. The fourth-order valence-electron chi connectivity index (χ4n) is 2.70. The van der Waals surface area contributed by atoms with E-state index >= 15 is 0 Å². The van der Waals surface area contributed by atoms with Crippen LogP contribution in [0.3, 0.4) is 0 Å². The van der Waals surface area contributed by atoms with E-state index in [1.165, 1.54) is 11.4 Å². The first-order chi connectivity index (χ1) is 12.8. The van der Waals surface area contributed by atoms with Crippen LogP contribution in [0.15, 0.2) is 45.7 Å². The van der Waals surface area contributed by atoms with Crippen molar-refractivity contribution in [2.45, 2.75) is 38.3 Å². The Kier molecular flexibility index (Phi) is 7.18. The van der Waals surface area contributed by atoms with Crippen molar-refractivity contribution in [2.75, 3.05) is 20.2 Å². The number of esters is 1. The molecule has 0 spiro atoms. The summed E-state index contributed by atoms with van der Waals surface area (Å²) in [6.45, 7) is 6.92. The van der Waals surface area contributed by atoms with Crippen molar-refractivity contribution in [1.82, 2.24) is 9.62 Å². The van der Waals surface area contributed by atoms with Gasteiger partial charge in [-0.2, -0.15) is 4.31 Å². The SMILES string of the molecule is CCN(CC)S(=O)(=O)c1ccc(C(C)NCc2ccc(C(=O)OC)o2)cc1. The molecule has 2 rings (SSSR count). The second-order valence-corrected chi connectivity index (χ2v) is 7.96. The van der Waals surface area contributed by atoms with Crippen LogP contribution in [0.25, 0.3) is 0 Å². The number of benzene rings is 1. The number of hydrogen-bond donors (Lipinski definition) is 1. The van der Waals surface area contributed by atoms with Gasteiger partial charge in [0.15, 0.2) is 0 Å². The third-order valence-corrected chi connectivity index (χ3v) is 6.42. The summed E-state index contributed by atoms with van der Waals surface area (Å²) in [5.74, 6) is 0.259. The molecule has 0 aliphatic carbocycles. The lowest BCUT2D eigenvalue weighted by atomic mass is 10.1. The smallest absolute Gasteiger partial charge is 0.373 e. The van der Waals surface area contributed by atoms with Gasteiger partial charge in [0.1, 0.15) is 5.76 Å². The van der Waals surface area contributed by atoms with E-state index in [1.807, 2.05) is 20.8 Å². The number of rotatable bonds is 9. The summed E-state index contributed by atoms with van der Waals surface area (Å²) >= 11 is 0. The minimum atomic E-state index is -3.45. The zero-order valence-corrected chi connectivity index (χ0v) is 16.9. The summed E-state index contributed by atoms with van der Waals surface area (Å²) in [6, 6.07) is 10.1. The molecule has 0 bridgehead atoms. The van der Waals surface area contributed by atoms with Gasteiger partial charge in [0.25, 0.3) is 0 Å². The summed E-state index contributed by atoms with van der Waals surface area (Å²) in [5.41, 5.74) is 0.952. The molecule has 27 heavy (non-hydrogen) atoms. The van der Waals surface area contributed by atoms with Crippen molar-refractivity contribution >= 4 is 16.0 Å². The lowest BCUT2D eigenvalue weighted by Crippen LogP contribution is -2.30. The first kappa shape index (κ1) is 21.1. The first-order valence-electron chi connectivity index (χ1n) is 8.84. The van der Waals surface area contributed by atoms with Crippen molar-refractivity contribution < 1.29 is 22.4 Å². The fourth-order valence-corrected chi connectivity index (χ4v) is 4.15. The first-order valence-corrected chi connectivity index (χ1v) is 10.3. The van der Waals surface area contributed by atoms with E-state index in [0.29, 0.717) is 25.4 Å². The average Bonchev–Trinajstić information content (AvgIpc) is 3.15. The number of methoxy groups -OCH3 is 1. The Balaban J connectivity index is 2.02. The van der Waals surface area contributed by atoms with E-state index in [-0.39, 0.29) is 16.7 Å². The summed E-state index contributed by atoms with van der Waals surface area (Å²) in [5, 5.41) is 3.28. The van der Waals surface area contributed by atoms with E-state index in [0.717, 1.165) is 5.56 Å². The summed E-state index contributed by atoms with van der Waals surface area (Å²) in [4.78, 5) is 11.7. The normalized spacial score (nSPS) is 12.9. The summed E-state index contributed by atoms with van der Waals surface area (Å²) < 4.78 is 36.5. The highest BCUT2D eigenvalue weighted by molar-refractivity contribution is 7.89. The Hall–Kier alpha value is -2.16. The topological polar surface area (TPSA) is 88.9 Å². The van der Waals surface area contributed by atoms with Crippen LogP contribution >= 0.6 is 0 Å². The largest absolute Gasteiger partial charge is 0.463 e. The molecule has 1 atom stereocenters. The number of nitrogens with zero attached hydrogens (tertiary/aromatic N) is 1. The van der Waals surface area contributed by atoms with E-state index in [4.69, 9.17) is 4.42 Å². The van der Waals surface area contributed by atoms with Crippen LogP contribution in [-0.2, 0) is 21.3 Å². The van der Waals surface area contributed by atoms with Crippen molar-refractivity contribution in [3.63, 3.8) is 0 Å². The monoisotopic (exact) mass is 394 g/mol. The maximum Gasteiger partial charge on any atom is 0.373 e. The van der Waals surface area contributed by atoms with Gasteiger partial charge < -0.3 is 14.5 Å². The highest BCUT2D eigenvalue weighted by Gasteiger charge is 2.21. The second kappa shape index (κ2) is 9.16. The molecule has 0 fully saturated rings. The number of nitrogens with one attached hydrogen (secondary N) is 1.